The van der Waals surface area contributed by atoms with E-state index in [1.54, 1.807) is 6.20 Å². The van der Waals surface area contributed by atoms with Gasteiger partial charge in [-0.05, 0) is 5.56 Å². The summed E-state index contributed by atoms with van der Waals surface area (Å²) in [6.45, 7) is 4.09. The number of carbonyl (C=O) groups excluding carboxylic acids is 1. The zero-order chi connectivity index (χ0) is 14.7. The van der Waals surface area contributed by atoms with E-state index in [0.29, 0.717) is 18.1 Å². The third kappa shape index (κ3) is 3.43. The lowest BCUT2D eigenvalue weighted by Gasteiger charge is -2.34. The van der Waals surface area contributed by atoms with Crippen LogP contribution in [0.4, 0.5) is 4.79 Å². The average Bonchev–Trinajstić information content (AvgIpc) is 2.95. The first-order valence-corrected chi connectivity index (χ1v) is 7.36. The van der Waals surface area contributed by atoms with Crippen molar-refractivity contribution >= 4 is 17.6 Å². The minimum absolute atomic E-state index is 0.110. The minimum atomic E-state index is -0.110. The Kier molecular flexibility index (Phi) is 4.22. The number of halogens is 1. The highest BCUT2D eigenvalue weighted by molar-refractivity contribution is 6.30. The lowest BCUT2D eigenvalue weighted by Crippen LogP contribution is -2.49. The molecule has 2 heterocycles. The van der Waals surface area contributed by atoms with Crippen LogP contribution in [0.2, 0.25) is 5.02 Å². The fourth-order valence-corrected chi connectivity index (χ4v) is 2.63. The Morgan fingerprint density at radius 2 is 1.86 bits per heavy atom. The number of hydrogen-bond donors (Lipinski definition) is 0. The van der Waals surface area contributed by atoms with E-state index in [-0.39, 0.29) is 6.03 Å². The van der Waals surface area contributed by atoms with E-state index < -0.39 is 0 Å². The smallest absolute Gasteiger partial charge is 0.320 e. The molecule has 0 saturated carbocycles. The van der Waals surface area contributed by atoms with Crippen LogP contribution in [0, 0.1) is 0 Å². The SMILES string of the molecule is O=C(N1CCN(Cc2ccccc2)CC1)n1cc(Cl)cn1. The van der Waals surface area contributed by atoms with Crippen LogP contribution in [0.1, 0.15) is 5.56 Å². The predicted octanol–water partition coefficient (Wildman–Crippen LogP) is 2.32. The van der Waals surface area contributed by atoms with E-state index in [4.69, 9.17) is 11.6 Å². The van der Waals surface area contributed by atoms with E-state index in [2.05, 4.69) is 34.3 Å². The van der Waals surface area contributed by atoms with Gasteiger partial charge in [-0.25, -0.2) is 4.79 Å². The van der Waals surface area contributed by atoms with Crippen LogP contribution in [0.25, 0.3) is 0 Å². The molecule has 0 aliphatic carbocycles. The van der Waals surface area contributed by atoms with Crippen molar-refractivity contribution in [3.63, 3.8) is 0 Å². The lowest BCUT2D eigenvalue weighted by molar-refractivity contribution is 0.134. The van der Waals surface area contributed by atoms with Crippen LogP contribution in [0.15, 0.2) is 42.7 Å². The van der Waals surface area contributed by atoms with Crippen molar-refractivity contribution in [3.8, 4) is 0 Å². The molecule has 110 valence electrons. The van der Waals surface area contributed by atoms with E-state index in [1.807, 2.05) is 11.0 Å². The van der Waals surface area contributed by atoms with Gasteiger partial charge in [-0.1, -0.05) is 41.9 Å². The molecule has 1 saturated heterocycles. The second kappa shape index (κ2) is 6.28. The maximum Gasteiger partial charge on any atom is 0.344 e. The van der Waals surface area contributed by atoms with Crippen molar-refractivity contribution in [3.05, 3.63) is 53.3 Å². The lowest BCUT2D eigenvalue weighted by atomic mass is 10.2. The number of benzene rings is 1. The highest BCUT2D eigenvalue weighted by Crippen LogP contribution is 2.11. The molecule has 1 aromatic heterocycles. The third-order valence-electron chi connectivity index (χ3n) is 3.64. The fourth-order valence-electron chi connectivity index (χ4n) is 2.49. The number of rotatable bonds is 2. The van der Waals surface area contributed by atoms with Crippen molar-refractivity contribution in [1.82, 2.24) is 19.6 Å². The molecule has 0 spiro atoms. The number of carbonyl (C=O) groups is 1. The summed E-state index contributed by atoms with van der Waals surface area (Å²) in [5.41, 5.74) is 1.30. The summed E-state index contributed by atoms with van der Waals surface area (Å²) < 4.78 is 1.30. The molecule has 1 aliphatic rings. The molecular formula is C15H17ClN4O. The maximum absolute atomic E-state index is 12.2. The molecule has 0 atom stereocenters. The quantitative estimate of drug-likeness (QED) is 0.855. The summed E-state index contributed by atoms with van der Waals surface area (Å²) in [6, 6.07) is 10.3. The van der Waals surface area contributed by atoms with Gasteiger partial charge in [-0.3, -0.25) is 4.90 Å². The summed E-state index contributed by atoms with van der Waals surface area (Å²) >= 11 is 5.79. The maximum atomic E-state index is 12.2. The molecule has 5 nitrogen and oxygen atoms in total. The predicted molar refractivity (Wildman–Crippen MR) is 81.3 cm³/mol. The summed E-state index contributed by atoms with van der Waals surface area (Å²) in [5.74, 6) is 0. The molecule has 3 rings (SSSR count). The first-order valence-electron chi connectivity index (χ1n) is 6.98. The Morgan fingerprint density at radius 3 is 2.48 bits per heavy atom. The van der Waals surface area contributed by atoms with Gasteiger partial charge in [0, 0.05) is 32.7 Å². The molecular weight excluding hydrogens is 288 g/mol. The van der Waals surface area contributed by atoms with Crippen LogP contribution in [0.5, 0.6) is 0 Å². The molecule has 2 aromatic rings. The van der Waals surface area contributed by atoms with Crippen LogP contribution in [-0.2, 0) is 6.54 Å². The summed E-state index contributed by atoms with van der Waals surface area (Å²) in [5, 5.41) is 4.44. The molecule has 1 aliphatic heterocycles. The van der Waals surface area contributed by atoms with Gasteiger partial charge in [0.15, 0.2) is 0 Å². The van der Waals surface area contributed by atoms with E-state index in [0.717, 1.165) is 19.6 Å². The Balaban J connectivity index is 1.54. The van der Waals surface area contributed by atoms with Gasteiger partial charge < -0.3 is 4.90 Å². The topological polar surface area (TPSA) is 41.4 Å². The van der Waals surface area contributed by atoms with Crippen LogP contribution >= 0.6 is 11.6 Å². The van der Waals surface area contributed by atoms with Crippen molar-refractivity contribution in [2.45, 2.75) is 6.54 Å². The number of piperazine rings is 1. The molecule has 21 heavy (non-hydrogen) atoms. The monoisotopic (exact) mass is 304 g/mol. The summed E-state index contributed by atoms with van der Waals surface area (Å²) in [4.78, 5) is 16.4. The number of aromatic nitrogens is 2. The largest absolute Gasteiger partial charge is 0.344 e. The summed E-state index contributed by atoms with van der Waals surface area (Å²) in [7, 11) is 0. The molecule has 0 N–H and O–H groups in total. The molecule has 0 bridgehead atoms. The molecule has 0 unspecified atom stereocenters. The zero-order valence-electron chi connectivity index (χ0n) is 11.7. The Morgan fingerprint density at radius 1 is 1.14 bits per heavy atom. The number of amides is 1. The van der Waals surface area contributed by atoms with Crippen molar-refractivity contribution < 1.29 is 4.79 Å². The highest BCUT2D eigenvalue weighted by atomic mass is 35.5. The second-order valence-electron chi connectivity index (χ2n) is 5.13. The normalized spacial score (nSPS) is 16.1. The average molecular weight is 305 g/mol. The molecule has 6 heteroatoms. The van der Waals surface area contributed by atoms with Crippen LogP contribution < -0.4 is 0 Å². The molecule has 0 radical (unpaired) electrons. The minimum Gasteiger partial charge on any atom is -0.320 e. The third-order valence-corrected chi connectivity index (χ3v) is 3.83. The first kappa shape index (κ1) is 14.1. The van der Waals surface area contributed by atoms with Gasteiger partial charge >= 0.3 is 6.03 Å². The van der Waals surface area contributed by atoms with Gasteiger partial charge in [0.25, 0.3) is 0 Å². The van der Waals surface area contributed by atoms with E-state index >= 15 is 0 Å². The van der Waals surface area contributed by atoms with E-state index in [9.17, 15) is 4.79 Å². The van der Waals surface area contributed by atoms with Crippen LogP contribution in [0.3, 0.4) is 0 Å². The zero-order valence-corrected chi connectivity index (χ0v) is 12.4. The number of hydrogen-bond acceptors (Lipinski definition) is 3. The van der Waals surface area contributed by atoms with Gasteiger partial charge in [-0.15, -0.1) is 0 Å². The number of nitrogens with zero attached hydrogens (tertiary/aromatic N) is 4. The van der Waals surface area contributed by atoms with Crippen molar-refractivity contribution in [1.29, 1.82) is 0 Å². The van der Waals surface area contributed by atoms with E-state index in [1.165, 1.54) is 16.4 Å². The van der Waals surface area contributed by atoms with Gasteiger partial charge in [0.2, 0.25) is 0 Å². The molecule has 1 fully saturated rings. The Bertz CT molecular complexity index is 605. The Hall–Kier alpha value is -1.85. The molecule has 1 aromatic carbocycles. The molecule has 1 amide bonds. The Labute approximate surface area is 128 Å². The van der Waals surface area contributed by atoms with Gasteiger partial charge in [0.05, 0.1) is 17.4 Å². The van der Waals surface area contributed by atoms with Gasteiger partial charge in [-0.2, -0.15) is 9.78 Å². The first-order chi connectivity index (χ1) is 10.2. The van der Waals surface area contributed by atoms with Crippen LogP contribution in [-0.4, -0.2) is 51.8 Å². The van der Waals surface area contributed by atoms with Crippen molar-refractivity contribution in [2.24, 2.45) is 0 Å². The van der Waals surface area contributed by atoms with Crippen molar-refractivity contribution in [2.75, 3.05) is 26.2 Å². The highest BCUT2D eigenvalue weighted by Gasteiger charge is 2.22. The fraction of sp³-hybridized carbons (Fsp3) is 0.333. The summed E-state index contributed by atoms with van der Waals surface area (Å²) in [6.07, 6.45) is 3.02. The second-order valence-corrected chi connectivity index (χ2v) is 5.57. The standard InChI is InChI=1S/C15H17ClN4O/c16-14-10-17-20(12-14)15(21)19-8-6-18(7-9-19)11-13-4-2-1-3-5-13/h1-5,10,12H,6-9,11H2. The van der Waals surface area contributed by atoms with Gasteiger partial charge in [0.1, 0.15) is 0 Å².